The van der Waals surface area contributed by atoms with E-state index in [1.54, 1.807) is 7.11 Å². The summed E-state index contributed by atoms with van der Waals surface area (Å²) in [5.41, 5.74) is 0.218. The van der Waals surface area contributed by atoms with E-state index in [4.69, 9.17) is 19.0 Å². The van der Waals surface area contributed by atoms with E-state index in [0.29, 0.717) is 32.1 Å². The number of nitrogens with one attached hydrogen (secondary N) is 1. The lowest BCUT2D eigenvalue weighted by molar-refractivity contribution is 0.0688. The third-order valence-electron chi connectivity index (χ3n) is 2.59. The van der Waals surface area contributed by atoms with Gasteiger partial charge in [0.2, 0.25) is 0 Å². The summed E-state index contributed by atoms with van der Waals surface area (Å²) >= 11 is 0. The van der Waals surface area contributed by atoms with Gasteiger partial charge in [0.1, 0.15) is 11.3 Å². The largest absolute Gasteiger partial charge is 0.478 e. The van der Waals surface area contributed by atoms with Crippen LogP contribution in [0.4, 0.5) is 0 Å². The highest BCUT2D eigenvalue weighted by molar-refractivity contribution is 5.88. The number of hydrogen-bond acceptors (Lipinski definition) is 5. The van der Waals surface area contributed by atoms with Crippen LogP contribution in [0.3, 0.4) is 0 Å². The van der Waals surface area contributed by atoms with E-state index in [9.17, 15) is 4.79 Å². The number of furan rings is 1. The van der Waals surface area contributed by atoms with Crippen molar-refractivity contribution >= 4 is 5.97 Å². The summed E-state index contributed by atoms with van der Waals surface area (Å²) in [6.45, 7) is 3.19. The molecule has 19 heavy (non-hydrogen) atoms. The highest BCUT2D eigenvalue weighted by Crippen LogP contribution is 2.09. The Bertz CT molecular complexity index is 364. The fourth-order valence-electron chi connectivity index (χ4n) is 1.57. The number of carboxylic acid groups (broad SMARTS) is 1. The lowest BCUT2D eigenvalue weighted by Gasteiger charge is -2.05. The van der Waals surface area contributed by atoms with E-state index in [0.717, 1.165) is 19.4 Å². The maximum absolute atomic E-state index is 10.8. The Labute approximate surface area is 112 Å². The molecule has 0 radical (unpaired) electrons. The fourth-order valence-corrected chi connectivity index (χ4v) is 1.57. The molecule has 0 atom stereocenters. The Kier molecular flexibility index (Phi) is 7.88. The van der Waals surface area contributed by atoms with Gasteiger partial charge < -0.3 is 24.3 Å². The second-order valence-electron chi connectivity index (χ2n) is 4.05. The van der Waals surface area contributed by atoms with Crippen molar-refractivity contribution in [3.05, 3.63) is 23.7 Å². The minimum atomic E-state index is -0.961. The number of ether oxygens (including phenoxy) is 2. The van der Waals surface area contributed by atoms with Gasteiger partial charge in [0.15, 0.2) is 0 Å². The van der Waals surface area contributed by atoms with Gasteiger partial charge in [-0.2, -0.15) is 0 Å². The van der Waals surface area contributed by atoms with Gasteiger partial charge in [-0.05, 0) is 25.5 Å². The SMILES string of the molecule is COCCOCCCCNCc1occc1C(=O)O. The van der Waals surface area contributed by atoms with Crippen LogP contribution >= 0.6 is 0 Å². The number of methoxy groups -OCH3 is 1. The Morgan fingerprint density at radius 2 is 2.21 bits per heavy atom. The Hall–Kier alpha value is -1.37. The van der Waals surface area contributed by atoms with Crippen molar-refractivity contribution in [2.45, 2.75) is 19.4 Å². The second-order valence-corrected chi connectivity index (χ2v) is 4.05. The summed E-state index contributed by atoms with van der Waals surface area (Å²) in [5, 5.41) is 12.0. The predicted octanol–water partition coefficient (Wildman–Crippen LogP) is 1.51. The molecule has 6 heteroatoms. The summed E-state index contributed by atoms with van der Waals surface area (Å²) in [6.07, 6.45) is 3.32. The number of rotatable bonds is 11. The summed E-state index contributed by atoms with van der Waals surface area (Å²) < 4.78 is 15.3. The van der Waals surface area contributed by atoms with Crippen LogP contribution in [0.2, 0.25) is 0 Å². The summed E-state index contributed by atoms with van der Waals surface area (Å²) in [4.78, 5) is 10.8. The number of aromatic carboxylic acids is 1. The lowest BCUT2D eigenvalue weighted by Crippen LogP contribution is -2.16. The van der Waals surface area contributed by atoms with Gasteiger partial charge >= 0.3 is 5.97 Å². The van der Waals surface area contributed by atoms with Crippen LogP contribution in [0.25, 0.3) is 0 Å². The molecule has 0 aliphatic carbocycles. The van der Waals surface area contributed by atoms with Crippen molar-refractivity contribution in [3.8, 4) is 0 Å². The number of hydrogen-bond donors (Lipinski definition) is 2. The molecule has 0 aliphatic heterocycles. The van der Waals surface area contributed by atoms with E-state index in [2.05, 4.69) is 5.32 Å². The second kappa shape index (κ2) is 9.55. The molecular formula is C13H21NO5. The van der Waals surface area contributed by atoms with Crippen LogP contribution in [-0.4, -0.2) is 44.6 Å². The van der Waals surface area contributed by atoms with Crippen molar-refractivity contribution in [1.29, 1.82) is 0 Å². The Balaban J connectivity index is 2.02. The molecule has 6 nitrogen and oxygen atoms in total. The quantitative estimate of drug-likeness (QED) is 0.594. The number of unbranched alkanes of at least 4 members (excludes halogenated alkanes) is 1. The molecule has 108 valence electrons. The van der Waals surface area contributed by atoms with Gasteiger partial charge in [0.25, 0.3) is 0 Å². The Morgan fingerprint density at radius 1 is 1.37 bits per heavy atom. The first-order chi connectivity index (χ1) is 9.25. The molecule has 0 unspecified atom stereocenters. The fraction of sp³-hybridized carbons (Fsp3) is 0.615. The maximum atomic E-state index is 10.8. The van der Waals surface area contributed by atoms with Crippen molar-refractivity contribution in [1.82, 2.24) is 5.32 Å². The van der Waals surface area contributed by atoms with Gasteiger partial charge in [-0.1, -0.05) is 0 Å². The zero-order chi connectivity index (χ0) is 13.9. The lowest BCUT2D eigenvalue weighted by atomic mass is 10.2. The first-order valence-corrected chi connectivity index (χ1v) is 6.32. The van der Waals surface area contributed by atoms with Gasteiger partial charge in [-0.3, -0.25) is 0 Å². The first kappa shape index (κ1) is 15.7. The molecule has 0 bridgehead atoms. The third kappa shape index (κ3) is 6.37. The average molecular weight is 271 g/mol. The predicted molar refractivity (Wildman–Crippen MR) is 69.3 cm³/mol. The number of carboxylic acids is 1. The topological polar surface area (TPSA) is 80.9 Å². The van der Waals surface area contributed by atoms with Crippen LogP contribution in [-0.2, 0) is 16.0 Å². The maximum Gasteiger partial charge on any atom is 0.339 e. The van der Waals surface area contributed by atoms with E-state index >= 15 is 0 Å². The minimum Gasteiger partial charge on any atom is -0.478 e. The van der Waals surface area contributed by atoms with Crippen LogP contribution in [0.1, 0.15) is 29.0 Å². The summed E-state index contributed by atoms with van der Waals surface area (Å²) in [6, 6.07) is 1.46. The van der Waals surface area contributed by atoms with E-state index in [1.807, 2.05) is 0 Å². The van der Waals surface area contributed by atoms with Crippen LogP contribution < -0.4 is 5.32 Å². The highest BCUT2D eigenvalue weighted by atomic mass is 16.5. The molecule has 1 aromatic heterocycles. The smallest absolute Gasteiger partial charge is 0.339 e. The van der Waals surface area contributed by atoms with E-state index in [1.165, 1.54) is 12.3 Å². The first-order valence-electron chi connectivity index (χ1n) is 6.32. The molecule has 0 fully saturated rings. The standard InChI is InChI=1S/C13H21NO5/c1-17-8-9-18-6-3-2-5-14-10-12-11(13(15)16)4-7-19-12/h4,7,14H,2-3,5-6,8-10H2,1H3,(H,15,16). The molecule has 2 N–H and O–H groups in total. The Morgan fingerprint density at radius 3 is 2.95 bits per heavy atom. The van der Waals surface area contributed by atoms with E-state index in [-0.39, 0.29) is 5.56 Å². The van der Waals surface area contributed by atoms with Gasteiger partial charge in [-0.15, -0.1) is 0 Å². The molecule has 0 saturated carbocycles. The number of carbonyl (C=O) groups is 1. The third-order valence-corrected chi connectivity index (χ3v) is 2.59. The van der Waals surface area contributed by atoms with Gasteiger partial charge in [-0.25, -0.2) is 4.79 Å². The molecule has 0 aromatic carbocycles. The molecule has 0 aliphatic rings. The molecule has 0 saturated heterocycles. The average Bonchev–Trinajstić information content (AvgIpc) is 2.85. The van der Waals surface area contributed by atoms with Crippen LogP contribution in [0, 0.1) is 0 Å². The molecule has 1 aromatic rings. The summed E-state index contributed by atoms with van der Waals surface area (Å²) in [5.74, 6) is -0.499. The van der Waals surface area contributed by atoms with Gasteiger partial charge in [0.05, 0.1) is 26.0 Å². The van der Waals surface area contributed by atoms with Crippen LogP contribution in [0.5, 0.6) is 0 Å². The molecule has 0 spiro atoms. The zero-order valence-electron chi connectivity index (χ0n) is 11.2. The summed E-state index contributed by atoms with van der Waals surface area (Å²) in [7, 11) is 1.65. The van der Waals surface area contributed by atoms with Crippen molar-refractivity contribution in [3.63, 3.8) is 0 Å². The van der Waals surface area contributed by atoms with Crippen molar-refractivity contribution < 1.29 is 23.8 Å². The van der Waals surface area contributed by atoms with E-state index < -0.39 is 5.97 Å². The molecule has 1 heterocycles. The van der Waals surface area contributed by atoms with Crippen molar-refractivity contribution in [2.75, 3.05) is 33.5 Å². The zero-order valence-corrected chi connectivity index (χ0v) is 11.2. The highest BCUT2D eigenvalue weighted by Gasteiger charge is 2.12. The monoisotopic (exact) mass is 271 g/mol. The van der Waals surface area contributed by atoms with Crippen molar-refractivity contribution in [2.24, 2.45) is 0 Å². The molecule has 0 amide bonds. The van der Waals surface area contributed by atoms with Gasteiger partial charge in [0, 0.05) is 13.7 Å². The molecule has 1 rings (SSSR count). The normalized spacial score (nSPS) is 10.8. The molecular weight excluding hydrogens is 250 g/mol. The van der Waals surface area contributed by atoms with Crippen LogP contribution in [0.15, 0.2) is 16.7 Å². The minimum absolute atomic E-state index is 0.218.